The third kappa shape index (κ3) is 5.70. The summed E-state index contributed by atoms with van der Waals surface area (Å²) < 4.78 is 11.6. The van der Waals surface area contributed by atoms with Crippen molar-refractivity contribution in [2.75, 3.05) is 22.4 Å². The van der Waals surface area contributed by atoms with Gasteiger partial charge in [0.05, 0.1) is 6.10 Å². The first-order valence-corrected chi connectivity index (χ1v) is 11.6. The first kappa shape index (κ1) is 20.2. The van der Waals surface area contributed by atoms with Crippen LogP contribution in [0.2, 0.25) is 0 Å². The molecule has 2 aromatic rings. The van der Waals surface area contributed by atoms with Gasteiger partial charge in [-0.25, -0.2) is 0 Å². The average Bonchev–Trinajstić information content (AvgIpc) is 3.12. The van der Waals surface area contributed by atoms with Gasteiger partial charge in [0, 0.05) is 24.5 Å². The van der Waals surface area contributed by atoms with Crippen molar-refractivity contribution in [3.05, 3.63) is 60.7 Å². The van der Waals surface area contributed by atoms with E-state index in [1.54, 1.807) is 0 Å². The number of benzene rings is 2. The van der Waals surface area contributed by atoms with Gasteiger partial charge in [0.25, 0.3) is 0 Å². The first-order chi connectivity index (χ1) is 13.3. The van der Waals surface area contributed by atoms with E-state index in [9.17, 15) is 0 Å². The van der Waals surface area contributed by atoms with Crippen LogP contribution in [0.25, 0.3) is 0 Å². The van der Waals surface area contributed by atoms with E-state index in [1.807, 2.05) is 0 Å². The van der Waals surface area contributed by atoms with Crippen molar-refractivity contribution in [1.29, 1.82) is 0 Å². The Labute approximate surface area is 166 Å². The van der Waals surface area contributed by atoms with Crippen LogP contribution in [0.15, 0.2) is 60.7 Å². The molecule has 3 rings (SSSR count). The summed E-state index contributed by atoms with van der Waals surface area (Å²) in [4.78, 5) is 0. The normalized spacial score (nSPS) is 16.1. The van der Waals surface area contributed by atoms with Gasteiger partial charge in [0.2, 0.25) is 8.45 Å². The molecule has 3 nitrogen and oxygen atoms in total. The highest BCUT2D eigenvalue weighted by Crippen LogP contribution is 2.54. The molecular formula is C23H33N2OP. The molecule has 0 aromatic heterocycles. The Morgan fingerprint density at radius 1 is 0.815 bits per heavy atom. The second kappa shape index (κ2) is 10.7. The lowest BCUT2D eigenvalue weighted by Crippen LogP contribution is -2.20. The van der Waals surface area contributed by atoms with E-state index in [1.165, 1.54) is 43.5 Å². The van der Waals surface area contributed by atoms with Crippen LogP contribution in [0.4, 0.5) is 11.4 Å². The standard InChI is InChI=1S/C23H33N2OP/c1-3-4-5-6-9-14-21(2)26-27-24(22-15-10-7-11-16-22)19-20-25(27)23-17-12-8-13-18-23/h7-8,10-13,15-18,21H,3-6,9,14,19-20H2,1-2H3. The molecule has 1 aliphatic rings. The molecule has 1 heterocycles. The molecule has 1 atom stereocenters. The molecule has 4 heteroatoms. The van der Waals surface area contributed by atoms with Crippen LogP contribution in [-0.4, -0.2) is 19.2 Å². The van der Waals surface area contributed by atoms with Crippen molar-refractivity contribution >= 4 is 19.8 Å². The first-order valence-electron chi connectivity index (χ1n) is 10.4. The highest BCUT2D eigenvalue weighted by molar-refractivity contribution is 7.56. The Morgan fingerprint density at radius 2 is 1.33 bits per heavy atom. The fourth-order valence-electron chi connectivity index (χ4n) is 3.51. The summed E-state index contributed by atoms with van der Waals surface area (Å²) in [6.07, 6.45) is 8.03. The van der Waals surface area contributed by atoms with Gasteiger partial charge < -0.3 is 13.9 Å². The van der Waals surface area contributed by atoms with Crippen molar-refractivity contribution in [2.24, 2.45) is 0 Å². The zero-order valence-corrected chi connectivity index (χ0v) is 17.7. The third-order valence-electron chi connectivity index (χ3n) is 5.03. The number of hydrogen-bond donors (Lipinski definition) is 0. The molecule has 0 radical (unpaired) electrons. The molecule has 1 saturated heterocycles. The van der Waals surface area contributed by atoms with Crippen molar-refractivity contribution in [2.45, 2.75) is 58.5 Å². The summed E-state index contributed by atoms with van der Waals surface area (Å²) >= 11 is 0. The SMILES string of the molecule is CCCCCCCC(C)OP1N(c2ccccc2)CCN1c1ccccc1. The van der Waals surface area contributed by atoms with E-state index >= 15 is 0 Å². The molecule has 1 unspecified atom stereocenters. The molecule has 0 spiro atoms. The van der Waals surface area contributed by atoms with Gasteiger partial charge in [-0.3, -0.25) is 0 Å². The fraction of sp³-hybridized carbons (Fsp3) is 0.478. The van der Waals surface area contributed by atoms with Crippen LogP contribution in [0, 0.1) is 0 Å². The third-order valence-corrected chi connectivity index (χ3v) is 7.27. The van der Waals surface area contributed by atoms with Crippen molar-refractivity contribution in [3.63, 3.8) is 0 Å². The maximum atomic E-state index is 6.67. The smallest absolute Gasteiger partial charge is 0.248 e. The zero-order chi connectivity index (χ0) is 18.9. The average molecular weight is 385 g/mol. The van der Waals surface area contributed by atoms with Crippen LogP contribution in [-0.2, 0) is 4.52 Å². The molecule has 1 aliphatic heterocycles. The van der Waals surface area contributed by atoms with E-state index in [4.69, 9.17) is 4.52 Å². The van der Waals surface area contributed by atoms with Crippen molar-refractivity contribution < 1.29 is 4.52 Å². The number of nitrogens with zero attached hydrogens (tertiary/aromatic N) is 2. The van der Waals surface area contributed by atoms with Crippen LogP contribution >= 0.6 is 8.45 Å². The largest absolute Gasteiger partial charge is 0.320 e. The summed E-state index contributed by atoms with van der Waals surface area (Å²) in [6.45, 7) is 6.53. The van der Waals surface area contributed by atoms with Crippen molar-refractivity contribution in [1.82, 2.24) is 0 Å². The molecule has 0 N–H and O–H groups in total. The predicted molar refractivity (Wildman–Crippen MR) is 118 cm³/mol. The van der Waals surface area contributed by atoms with Crippen molar-refractivity contribution in [3.8, 4) is 0 Å². The Morgan fingerprint density at radius 3 is 1.85 bits per heavy atom. The maximum absolute atomic E-state index is 6.67. The minimum atomic E-state index is -0.825. The Balaban J connectivity index is 1.67. The van der Waals surface area contributed by atoms with Gasteiger partial charge in [0.15, 0.2) is 0 Å². The minimum Gasteiger partial charge on any atom is -0.320 e. The summed E-state index contributed by atoms with van der Waals surface area (Å²) in [7, 11) is -0.825. The topological polar surface area (TPSA) is 15.7 Å². The number of anilines is 2. The summed E-state index contributed by atoms with van der Waals surface area (Å²) in [5.41, 5.74) is 2.52. The van der Waals surface area contributed by atoms with Gasteiger partial charge in [-0.05, 0) is 37.6 Å². The van der Waals surface area contributed by atoms with E-state index in [0.717, 1.165) is 19.5 Å². The number of unbranched alkanes of at least 4 members (excludes halogenated alkanes) is 4. The number of rotatable bonds is 10. The summed E-state index contributed by atoms with van der Waals surface area (Å²) in [5, 5.41) is 0. The van der Waals surface area contributed by atoms with Crippen LogP contribution in [0.3, 0.4) is 0 Å². The predicted octanol–water partition coefficient (Wildman–Crippen LogP) is 7.01. The number of para-hydroxylation sites is 2. The van der Waals surface area contributed by atoms with Crippen LogP contribution in [0.1, 0.15) is 52.4 Å². The maximum Gasteiger partial charge on any atom is 0.248 e. The van der Waals surface area contributed by atoms with E-state index < -0.39 is 8.45 Å². The van der Waals surface area contributed by atoms with Crippen LogP contribution < -0.4 is 9.34 Å². The lowest BCUT2D eigenvalue weighted by atomic mass is 10.1. The number of hydrogen-bond acceptors (Lipinski definition) is 3. The lowest BCUT2D eigenvalue weighted by Gasteiger charge is -2.32. The highest BCUT2D eigenvalue weighted by Gasteiger charge is 2.35. The second-order valence-corrected chi connectivity index (χ2v) is 8.97. The Bertz CT molecular complexity index is 604. The fourth-order valence-corrected chi connectivity index (χ4v) is 5.61. The lowest BCUT2D eigenvalue weighted by molar-refractivity contribution is 0.229. The molecule has 0 bridgehead atoms. The van der Waals surface area contributed by atoms with Gasteiger partial charge in [0.1, 0.15) is 0 Å². The zero-order valence-electron chi connectivity index (χ0n) is 16.8. The molecule has 27 heavy (non-hydrogen) atoms. The van der Waals surface area contributed by atoms with E-state index in [2.05, 4.69) is 83.9 Å². The monoisotopic (exact) mass is 384 g/mol. The molecule has 1 fully saturated rings. The van der Waals surface area contributed by atoms with Gasteiger partial charge >= 0.3 is 0 Å². The van der Waals surface area contributed by atoms with E-state index in [0.29, 0.717) is 0 Å². The highest BCUT2D eigenvalue weighted by atomic mass is 31.2. The van der Waals surface area contributed by atoms with Gasteiger partial charge in [-0.15, -0.1) is 0 Å². The van der Waals surface area contributed by atoms with Gasteiger partial charge in [-0.2, -0.15) is 0 Å². The summed E-state index contributed by atoms with van der Waals surface area (Å²) in [5.74, 6) is 0. The molecule has 0 saturated carbocycles. The van der Waals surface area contributed by atoms with Gasteiger partial charge in [-0.1, -0.05) is 75.4 Å². The minimum absolute atomic E-state index is 0.285. The molecule has 0 aliphatic carbocycles. The molecular weight excluding hydrogens is 351 g/mol. The summed E-state index contributed by atoms with van der Waals surface area (Å²) in [6, 6.07) is 21.4. The second-order valence-electron chi connectivity index (χ2n) is 7.29. The van der Waals surface area contributed by atoms with Crippen LogP contribution in [0.5, 0.6) is 0 Å². The van der Waals surface area contributed by atoms with E-state index in [-0.39, 0.29) is 6.10 Å². The Kier molecular flexibility index (Phi) is 7.98. The molecule has 2 aromatic carbocycles. The molecule has 146 valence electrons. The Hall–Kier alpha value is -1.57. The molecule has 0 amide bonds. The quantitative estimate of drug-likeness (QED) is 0.324.